The highest BCUT2D eigenvalue weighted by Gasteiger charge is 2.15. The van der Waals surface area contributed by atoms with Crippen LogP contribution in [0.2, 0.25) is 5.02 Å². The van der Waals surface area contributed by atoms with Gasteiger partial charge in [-0.3, -0.25) is 0 Å². The molecule has 0 amide bonds. The third-order valence-corrected chi connectivity index (χ3v) is 3.02. The summed E-state index contributed by atoms with van der Waals surface area (Å²) in [6.07, 6.45) is -1.15. The van der Waals surface area contributed by atoms with Crippen molar-refractivity contribution in [3.05, 3.63) is 64.4 Å². The van der Waals surface area contributed by atoms with E-state index >= 15 is 0 Å². The van der Waals surface area contributed by atoms with Gasteiger partial charge in [0.1, 0.15) is 17.7 Å². The molecule has 0 aliphatic heterocycles. The fraction of sp³-hybridized carbons (Fsp3) is 0.143. The summed E-state index contributed by atoms with van der Waals surface area (Å²) in [6.45, 7) is -2.91. The topological polar surface area (TPSA) is 29.5 Å². The van der Waals surface area contributed by atoms with E-state index in [9.17, 15) is 18.3 Å². The standard InChI is InChI=1S/C14H10ClF3O2/c15-12-6-3-9(16)7-11(12)13(19)8-1-4-10(5-2-8)20-14(17)18/h1-7,13-14,19H. The maximum absolute atomic E-state index is 13.2. The highest BCUT2D eigenvalue weighted by atomic mass is 35.5. The zero-order chi connectivity index (χ0) is 14.7. The predicted molar refractivity (Wildman–Crippen MR) is 68.5 cm³/mol. The maximum atomic E-state index is 13.2. The Balaban J connectivity index is 2.24. The van der Waals surface area contributed by atoms with Crippen molar-refractivity contribution in [3.8, 4) is 5.75 Å². The van der Waals surface area contributed by atoms with Crippen molar-refractivity contribution >= 4 is 11.6 Å². The quantitative estimate of drug-likeness (QED) is 0.919. The van der Waals surface area contributed by atoms with Crippen molar-refractivity contribution in [1.82, 2.24) is 0 Å². The summed E-state index contributed by atoms with van der Waals surface area (Å²) in [4.78, 5) is 0. The van der Waals surface area contributed by atoms with Crippen LogP contribution in [-0.4, -0.2) is 11.7 Å². The molecule has 0 aromatic heterocycles. The van der Waals surface area contributed by atoms with Gasteiger partial charge >= 0.3 is 6.61 Å². The van der Waals surface area contributed by atoms with E-state index in [1.165, 1.54) is 36.4 Å². The Morgan fingerprint density at radius 2 is 1.70 bits per heavy atom. The van der Waals surface area contributed by atoms with Crippen LogP contribution in [0.4, 0.5) is 13.2 Å². The Morgan fingerprint density at radius 1 is 1.05 bits per heavy atom. The summed E-state index contributed by atoms with van der Waals surface area (Å²) in [5, 5.41) is 10.3. The van der Waals surface area contributed by atoms with Crippen molar-refractivity contribution in [2.75, 3.05) is 0 Å². The second-order valence-electron chi connectivity index (χ2n) is 4.02. The molecule has 1 unspecified atom stereocenters. The molecule has 1 atom stereocenters. The Bertz CT molecular complexity index is 587. The second-order valence-corrected chi connectivity index (χ2v) is 4.42. The molecule has 0 saturated carbocycles. The normalized spacial score (nSPS) is 12.5. The first-order chi connectivity index (χ1) is 9.47. The minimum absolute atomic E-state index is 0.0266. The van der Waals surface area contributed by atoms with Crippen LogP contribution < -0.4 is 4.74 Å². The van der Waals surface area contributed by atoms with Gasteiger partial charge in [-0.05, 0) is 35.9 Å². The molecule has 0 radical (unpaired) electrons. The summed E-state index contributed by atoms with van der Waals surface area (Å²) in [5.41, 5.74) is 0.591. The first kappa shape index (κ1) is 14.7. The third kappa shape index (κ3) is 3.43. The number of alkyl halides is 2. The second kappa shape index (κ2) is 6.15. The molecule has 20 heavy (non-hydrogen) atoms. The van der Waals surface area contributed by atoms with Gasteiger partial charge in [0.15, 0.2) is 0 Å². The molecule has 2 nitrogen and oxygen atoms in total. The van der Waals surface area contributed by atoms with Gasteiger partial charge in [0, 0.05) is 10.6 Å². The first-order valence-electron chi connectivity index (χ1n) is 5.65. The molecule has 0 fully saturated rings. The SMILES string of the molecule is OC(c1ccc(OC(F)F)cc1)c1cc(F)ccc1Cl. The van der Waals surface area contributed by atoms with Gasteiger partial charge in [0.05, 0.1) is 0 Å². The first-order valence-corrected chi connectivity index (χ1v) is 6.03. The van der Waals surface area contributed by atoms with Crippen molar-refractivity contribution < 1.29 is 23.0 Å². The van der Waals surface area contributed by atoms with E-state index in [2.05, 4.69) is 4.74 Å². The number of aliphatic hydroxyl groups is 1. The molecule has 0 bridgehead atoms. The predicted octanol–water partition coefficient (Wildman–Crippen LogP) is 4.16. The number of halogens is 4. The lowest BCUT2D eigenvalue weighted by atomic mass is 10.0. The molecule has 6 heteroatoms. The molecule has 0 heterocycles. The average molecular weight is 303 g/mol. The van der Waals surface area contributed by atoms with Crippen molar-refractivity contribution in [3.63, 3.8) is 0 Å². The van der Waals surface area contributed by atoms with Crippen LogP contribution in [0.1, 0.15) is 17.2 Å². The van der Waals surface area contributed by atoms with E-state index in [0.29, 0.717) is 5.56 Å². The number of aliphatic hydroxyl groups excluding tert-OH is 1. The summed E-state index contributed by atoms with van der Waals surface area (Å²) < 4.78 is 41.4. The number of hydrogen-bond donors (Lipinski definition) is 1. The average Bonchev–Trinajstić information content (AvgIpc) is 2.41. The minimum atomic E-state index is -2.91. The molecule has 106 valence electrons. The van der Waals surface area contributed by atoms with Gasteiger partial charge in [-0.1, -0.05) is 23.7 Å². The highest BCUT2D eigenvalue weighted by Crippen LogP contribution is 2.30. The lowest BCUT2D eigenvalue weighted by molar-refractivity contribution is -0.0498. The molecule has 2 rings (SSSR count). The van der Waals surface area contributed by atoms with E-state index in [0.717, 1.165) is 6.07 Å². The molecular weight excluding hydrogens is 293 g/mol. The summed E-state index contributed by atoms with van der Waals surface area (Å²) >= 11 is 5.89. The molecule has 0 spiro atoms. The minimum Gasteiger partial charge on any atom is -0.435 e. The Labute approximate surface area is 118 Å². The van der Waals surface area contributed by atoms with Crippen LogP contribution in [0.25, 0.3) is 0 Å². The largest absolute Gasteiger partial charge is 0.435 e. The molecular formula is C14H10ClF3O2. The summed E-state index contributed by atoms with van der Waals surface area (Å²) in [5.74, 6) is -0.553. The lowest BCUT2D eigenvalue weighted by Crippen LogP contribution is -2.03. The van der Waals surface area contributed by atoms with Crippen molar-refractivity contribution in [2.24, 2.45) is 0 Å². The van der Waals surface area contributed by atoms with E-state index in [1.807, 2.05) is 0 Å². The van der Waals surface area contributed by atoms with E-state index in [4.69, 9.17) is 11.6 Å². The van der Waals surface area contributed by atoms with Crippen LogP contribution in [0.15, 0.2) is 42.5 Å². The molecule has 2 aromatic carbocycles. The number of ether oxygens (including phenoxy) is 1. The van der Waals surface area contributed by atoms with E-state index < -0.39 is 18.5 Å². The van der Waals surface area contributed by atoms with Gasteiger partial charge in [-0.25, -0.2) is 4.39 Å². The number of rotatable bonds is 4. The van der Waals surface area contributed by atoms with Crippen molar-refractivity contribution in [1.29, 1.82) is 0 Å². The molecule has 0 aliphatic rings. The van der Waals surface area contributed by atoms with Crippen LogP contribution in [-0.2, 0) is 0 Å². The van der Waals surface area contributed by atoms with Gasteiger partial charge in [0.25, 0.3) is 0 Å². The molecule has 0 saturated heterocycles. The van der Waals surface area contributed by atoms with E-state index in [-0.39, 0.29) is 16.3 Å². The summed E-state index contributed by atoms with van der Waals surface area (Å²) in [7, 11) is 0. The monoisotopic (exact) mass is 302 g/mol. The van der Waals surface area contributed by atoms with Crippen LogP contribution in [0, 0.1) is 5.82 Å². The smallest absolute Gasteiger partial charge is 0.387 e. The van der Waals surface area contributed by atoms with Crippen molar-refractivity contribution in [2.45, 2.75) is 12.7 Å². The molecule has 0 aliphatic carbocycles. The lowest BCUT2D eigenvalue weighted by Gasteiger charge is -2.14. The van der Waals surface area contributed by atoms with Crippen LogP contribution in [0.3, 0.4) is 0 Å². The molecule has 2 aromatic rings. The zero-order valence-electron chi connectivity index (χ0n) is 10.1. The third-order valence-electron chi connectivity index (χ3n) is 2.67. The van der Waals surface area contributed by atoms with Gasteiger partial charge in [0.2, 0.25) is 0 Å². The van der Waals surface area contributed by atoms with Gasteiger partial charge in [-0.2, -0.15) is 8.78 Å². The molecule has 1 N–H and O–H groups in total. The van der Waals surface area contributed by atoms with E-state index in [1.54, 1.807) is 0 Å². The number of benzene rings is 2. The fourth-order valence-electron chi connectivity index (χ4n) is 1.74. The summed E-state index contributed by atoms with van der Waals surface area (Å²) in [6, 6.07) is 9.03. The Morgan fingerprint density at radius 3 is 2.30 bits per heavy atom. The zero-order valence-corrected chi connectivity index (χ0v) is 10.8. The van der Waals surface area contributed by atoms with Crippen LogP contribution in [0.5, 0.6) is 5.75 Å². The maximum Gasteiger partial charge on any atom is 0.387 e. The highest BCUT2D eigenvalue weighted by molar-refractivity contribution is 6.31. The van der Waals surface area contributed by atoms with Crippen LogP contribution >= 0.6 is 11.6 Å². The van der Waals surface area contributed by atoms with Gasteiger partial charge < -0.3 is 9.84 Å². The fourth-order valence-corrected chi connectivity index (χ4v) is 1.96. The number of hydrogen-bond acceptors (Lipinski definition) is 2. The Kier molecular flexibility index (Phi) is 4.52. The Hall–Kier alpha value is -1.72. The van der Waals surface area contributed by atoms with Gasteiger partial charge in [-0.15, -0.1) is 0 Å².